The summed E-state index contributed by atoms with van der Waals surface area (Å²) in [6, 6.07) is 20.6. The molecular weight excluding hydrogens is 364 g/mol. The van der Waals surface area contributed by atoms with E-state index in [1.807, 2.05) is 29.2 Å². The van der Waals surface area contributed by atoms with Gasteiger partial charge >= 0.3 is 0 Å². The fourth-order valence-corrected chi connectivity index (χ4v) is 5.22. The van der Waals surface area contributed by atoms with E-state index in [0.717, 1.165) is 37.8 Å². The number of pyridine rings is 1. The number of hydrogen-bond acceptors (Lipinski definition) is 3. The van der Waals surface area contributed by atoms with Crippen LogP contribution in [0.3, 0.4) is 0 Å². The smallest absolute Gasteiger partial charge is 0.234 e. The second-order valence-electron chi connectivity index (χ2n) is 7.55. The highest BCUT2D eigenvalue weighted by Crippen LogP contribution is 2.44. The van der Waals surface area contributed by atoms with E-state index in [-0.39, 0.29) is 11.3 Å². The van der Waals surface area contributed by atoms with Crippen molar-refractivity contribution in [2.45, 2.75) is 44.1 Å². The fourth-order valence-electron chi connectivity index (χ4n) is 4.25. The van der Waals surface area contributed by atoms with Crippen molar-refractivity contribution in [1.82, 2.24) is 9.88 Å². The van der Waals surface area contributed by atoms with E-state index in [2.05, 4.69) is 46.8 Å². The van der Waals surface area contributed by atoms with Crippen LogP contribution in [0.5, 0.6) is 0 Å². The maximum atomic E-state index is 13.9. The van der Waals surface area contributed by atoms with E-state index in [9.17, 15) is 4.79 Å². The number of nitrogens with zero attached hydrogens (tertiary/aromatic N) is 2. The van der Waals surface area contributed by atoms with Gasteiger partial charge in [0.2, 0.25) is 5.91 Å². The molecule has 1 fully saturated rings. The van der Waals surface area contributed by atoms with Gasteiger partial charge in [0.1, 0.15) is 0 Å². The number of thiophene rings is 1. The lowest BCUT2D eigenvalue weighted by molar-refractivity contribution is -0.138. The Labute approximate surface area is 171 Å². The Morgan fingerprint density at radius 2 is 1.79 bits per heavy atom. The lowest BCUT2D eigenvalue weighted by Crippen LogP contribution is -2.45. The van der Waals surface area contributed by atoms with Gasteiger partial charge in [-0.15, -0.1) is 11.3 Å². The molecule has 3 aromatic rings. The summed E-state index contributed by atoms with van der Waals surface area (Å²) in [7, 11) is 0. The molecule has 2 heterocycles. The molecule has 0 aliphatic heterocycles. The zero-order valence-corrected chi connectivity index (χ0v) is 16.9. The Kier molecular flexibility index (Phi) is 5.87. The third-order valence-electron chi connectivity index (χ3n) is 5.74. The van der Waals surface area contributed by atoms with Crippen molar-refractivity contribution in [1.29, 1.82) is 0 Å². The van der Waals surface area contributed by atoms with Crippen molar-refractivity contribution < 1.29 is 4.79 Å². The summed E-state index contributed by atoms with van der Waals surface area (Å²) < 4.78 is 0. The minimum absolute atomic E-state index is 0.272. The van der Waals surface area contributed by atoms with Crippen LogP contribution in [0.1, 0.15) is 41.8 Å². The number of carbonyl (C=O) groups excluding carboxylic acids is 1. The van der Waals surface area contributed by atoms with Crippen LogP contribution in [0.15, 0.2) is 72.2 Å². The normalized spacial score (nSPS) is 15.4. The van der Waals surface area contributed by atoms with E-state index in [1.54, 1.807) is 17.5 Å². The summed E-state index contributed by atoms with van der Waals surface area (Å²) in [5.41, 5.74) is 1.86. The molecular formula is C24H26N2OS. The summed E-state index contributed by atoms with van der Waals surface area (Å²) in [5, 5.41) is 2.09. The molecule has 0 radical (unpaired) electrons. The Bertz CT molecular complexity index is 871. The van der Waals surface area contributed by atoms with Gasteiger partial charge in [-0.05, 0) is 48.4 Å². The lowest BCUT2D eigenvalue weighted by Gasteiger charge is -2.34. The average Bonchev–Trinajstić information content (AvgIpc) is 3.45. The molecule has 0 saturated heterocycles. The highest BCUT2D eigenvalue weighted by molar-refractivity contribution is 7.10. The van der Waals surface area contributed by atoms with Crippen molar-refractivity contribution in [3.63, 3.8) is 0 Å². The van der Waals surface area contributed by atoms with Crippen molar-refractivity contribution in [3.8, 4) is 0 Å². The van der Waals surface area contributed by atoms with Crippen LogP contribution < -0.4 is 0 Å². The van der Waals surface area contributed by atoms with Gasteiger partial charge in [0.15, 0.2) is 0 Å². The van der Waals surface area contributed by atoms with E-state index in [1.165, 1.54) is 10.4 Å². The van der Waals surface area contributed by atoms with Gasteiger partial charge in [0, 0.05) is 17.6 Å². The second kappa shape index (κ2) is 8.70. The Balaban J connectivity index is 1.60. The van der Waals surface area contributed by atoms with E-state index >= 15 is 0 Å². The van der Waals surface area contributed by atoms with Crippen molar-refractivity contribution >= 4 is 17.2 Å². The SMILES string of the molecule is O=C(N(CCc1ccccc1)Cc1ccccn1)C1(c2cccs2)CCCC1. The third kappa shape index (κ3) is 4.02. The third-order valence-corrected chi connectivity index (χ3v) is 6.81. The predicted octanol–water partition coefficient (Wildman–Crippen LogP) is 5.23. The first kappa shape index (κ1) is 18.9. The molecule has 0 unspecified atom stereocenters. The van der Waals surface area contributed by atoms with Gasteiger partial charge in [0.25, 0.3) is 0 Å². The first-order chi connectivity index (χ1) is 13.8. The number of aromatic nitrogens is 1. The molecule has 0 atom stereocenters. The molecule has 144 valence electrons. The van der Waals surface area contributed by atoms with Crippen LogP contribution >= 0.6 is 11.3 Å². The van der Waals surface area contributed by atoms with Crippen LogP contribution in [0.4, 0.5) is 0 Å². The van der Waals surface area contributed by atoms with Crippen LogP contribution in [0.25, 0.3) is 0 Å². The second-order valence-corrected chi connectivity index (χ2v) is 8.50. The van der Waals surface area contributed by atoms with Crippen LogP contribution in [-0.2, 0) is 23.2 Å². The van der Waals surface area contributed by atoms with E-state index < -0.39 is 0 Å². The quantitative estimate of drug-likeness (QED) is 0.554. The Morgan fingerprint density at radius 3 is 2.46 bits per heavy atom. The van der Waals surface area contributed by atoms with Gasteiger partial charge in [-0.25, -0.2) is 0 Å². The number of rotatable bonds is 7. The van der Waals surface area contributed by atoms with Gasteiger partial charge in [-0.2, -0.15) is 0 Å². The summed E-state index contributed by atoms with van der Waals surface area (Å²) >= 11 is 1.72. The van der Waals surface area contributed by atoms with Crippen molar-refractivity contribution in [2.75, 3.05) is 6.54 Å². The maximum absolute atomic E-state index is 13.9. The Morgan fingerprint density at radius 1 is 1.00 bits per heavy atom. The van der Waals surface area contributed by atoms with Crippen LogP contribution in [0, 0.1) is 0 Å². The van der Waals surface area contributed by atoms with Gasteiger partial charge < -0.3 is 4.90 Å². The molecule has 28 heavy (non-hydrogen) atoms. The monoisotopic (exact) mass is 390 g/mol. The summed E-state index contributed by atoms with van der Waals surface area (Å²) in [6.07, 6.45) is 6.83. The highest BCUT2D eigenvalue weighted by Gasteiger charge is 2.45. The predicted molar refractivity (Wildman–Crippen MR) is 114 cm³/mol. The zero-order valence-electron chi connectivity index (χ0n) is 16.1. The van der Waals surface area contributed by atoms with Crippen LogP contribution in [0.2, 0.25) is 0 Å². The molecule has 3 nitrogen and oxygen atoms in total. The summed E-state index contributed by atoms with van der Waals surface area (Å²) in [4.78, 5) is 21.6. The standard InChI is InChI=1S/C24H26N2OS/c27-23(24(14-5-6-15-24)22-12-8-18-28-22)26(19-21-11-4-7-16-25-21)17-13-20-9-2-1-3-10-20/h1-4,7-12,16,18H,5-6,13-15,17,19H2. The van der Waals surface area contributed by atoms with Crippen LogP contribution in [-0.4, -0.2) is 22.3 Å². The number of hydrogen-bond donors (Lipinski definition) is 0. The Hall–Kier alpha value is -2.46. The first-order valence-electron chi connectivity index (χ1n) is 10.1. The van der Waals surface area contributed by atoms with E-state index in [0.29, 0.717) is 13.1 Å². The number of benzene rings is 1. The summed E-state index contributed by atoms with van der Waals surface area (Å²) in [5.74, 6) is 0.272. The molecule has 0 spiro atoms. The molecule has 1 aliphatic rings. The minimum atomic E-state index is -0.348. The molecule has 2 aromatic heterocycles. The highest BCUT2D eigenvalue weighted by atomic mass is 32.1. The molecule has 4 rings (SSSR count). The number of amides is 1. The van der Waals surface area contributed by atoms with Crippen molar-refractivity contribution in [3.05, 3.63) is 88.4 Å². The molecule has 1 amide bonds. The zero-order chi connectivity index (χ0) is 19.2. The lowest BCUT2D eigenvalue weighted by atomic mass is 9.82. The number of carbonyl (C=O) groups is 1. The minimum Gasteiger partial charge on any atom is -0.336 e. The molecule has 4 heteroatoms. The topological polar surface area (TPSA) is 33.2 Å². The first-order valence-corrected chi connectivity index (χ1v) is 10.9. The average molecular weight is 391 g/mol. The molecule has 0 bridgehead atoms. The van der Waals surface area contributed by atoms with Gasteiger partial charge in [-0.1, -0.05) is 55.3 Å². The maximum Gasteiger partial charge on any atom is 0.234 e. The summed E-state index contributed by atoms with van der Waals surface area (Å²) in [6.45, 7) is 1.28. The fraction of sp³-hybridized carbons (Fsp3) is 0.333. The van der Waals surface area contributed by atoms with Gasteiger partial charge in [0.05, 0.1) is 17.7 Å². The van der Waals surface area contributed by atoms with Crippen molar-refractivity contribution in [2.24, 2.45) is 0 Å². The van der Waals surface area contributed by atoms with Gasteiger partial charge in [-0.3, -0.25) is 9.78 Å². The largest absolute Gasteiger partial charge is 0.336 e. The molecule has 1 aromatic carbocycles. The molecule has 1 aliphatic carbocycles. The van der Waals surface area contributed by atoms with E-state index in [4.69, 9.17) is 0 Å². The molecule has 1 saturated carbocycles. The molecule has 0 N–H and O–H groups in total.